The van der Waals surface area contributed by atoms with E-state index in [-0.39, 0.29) is 14.7 Å². The first-order valence-electron chi connectivity index (χ1n) is 4.25. The van der Waals surface area contributed by atoms with Crippen molar-refractivity contribution in [2.45, 2.75) is 0 Å². The van der Waals surface area contributed by atoms with E-state index >= 15 is 0 Å². The number of nitrogens with zero attached hydrogens (tertiary/aromatic N) is 1. The second-order valence-corrected chi connectivity index (χ2v) is 4.68. The molecule has 1 aromatic carbocycles. The van der Waals surface area contributed by atoms with Gasteiger partial charge < -0.3 is 5.11 Å². The minimum absolute atomic E-state index is 0.0777. The number of carbonyl (C=O) groups excluding carboxylic acids is 2. The summed E-state index contributed by atoms with van der Waals surface area (Å²) in [5.41, 5.74) is 0.416. The summed E-state index contributed by atoms with van der Waals surface area (Å²) < 4.78 is 0.399. The second-order valence-electron chi connectivity index (χ2n) is 3.09. The van der Waals surface area contributed by atoms with E-state index in [4.69, 9.17) is 5.11 Å². The van der Waals surface area contributed by atoms with Gasteiger partial charge >= 0.3 is 0 Å². The topological polar surface area (TPSA) is 57.6 Å². The Morgan fingerprint density at radius 3 is 1.81 bits per heavy atom. The molecule has 0 fully saturated rings. The largest absolute Gasteiger partial charge is 0.508 e. The molecule has 1 heterocycles. The first-order chi connectivity index (χ1) is 7.52. The highest BCUT2D eigenvalue weighted by molar-refractivity contribution is 9.14. The average Bonchev–Trinajstić information content (AvgIpc) is 2.46. The van der Waals surface area contributed by atoms with Gasteiger partial charge in [0.1, 0.15) is 14.7 Å². The summed E-state index contributed by atoms with van der Waals surface area (Å²) >= 11 is 6.07. The Morgan fingerprint density at radius 1 is 0.938 bits per heavy atom. The third-order valence-corrected chi connectivity index (χ3v) is 4.09. The molecule has 1 N–H and O–H groups in total. The number of carbonyl (C=O) groups is 2. The predicted molar refractivity (Wildman–Crippen MR) is 65.5 cm³/mol. The van der Waals surface area contributed by atoms with Crippen LogP contribution < -0.4 is 4.90 Å². The third kappa shape index (κ3) is 1.68. The van der Waals surface area contributed by atoms with Crippen molar-refractivity contribution in [3.8, 4) is 5.75 Å². The Kier molecular flexibility index (Phi) is 2.86. The van der Waals surface area contributed by atoms with Crippen LogP contribution in [-0.2, 0) is 9.59 Å². The molecule has 0 saturated heterocycles. The summed E-state index contributed by atoms with van der Waals surface area (Å²) in [4.78, 5) is 24.5. The van der Waals surface area contributed by atoms with Gasteiger partial charge in [0.05, 0.1) is 5.69 Å². The van der Waals surface area contributed by atoms with Gasteiger partial charge in [-0.05, 0) is 56.1 Å². The summed E-state index contributed by atoms with van der Waals surface area (Å²) in [5.74, 6) is -0.779. The van der Waals surface area contributed by atoms with Crippen molar-refractivity contribution in [1.82, 2.24) is 0 Å². The van der Waals surface area contributed by atoms with Crippen LogP contribution in [0, 0.1) is 0 Å². The Bertz CT molecular complexity index is 483. The van der Waals surface area contributed by atoms with Gasteiger partial charge in [0.15, 0.2) is 0 Å². The number of benzene rings is 1. The Hall–Kier alpha value is -1.14. The number of imide groups is 1. The standard InChI is InChI=1S/C10H5Br2NO3/c11-7-8(12)10(16)13(9(7)15)5-1-3-6(14)4-2-5/h1-4,14H. The number of halogens is 2. The minimum atomic E-state index is -0.428. The number of aromatic hydroxyl groups is 1. The molecule has 82 valence electrons. The minimum Gasteiger partial charge on any atom is -0.508 e. The molecular weight excluding hydrogens is 342 g/mol. The zero-order valence-corrected chi connectivity index (χ0v) is 10.9. The number of amides is 2. The Balaban J connectivity index is 2.42. The fraction of sp³-hybridized carbons (Fsp3) is 0. The Morgan fingerprint density at radius 2 is 1.38 bits per heavy atom. The Labute approximate surface area is 108 Å². The molecule has 4 nitrogen and oxygen atoms in total. The zero-order valence-electron chi connectivity index (χ0n) is 7.78. The molecule has 0 spiro atoms. The van der Waals surface area contributed by atoms with E-state index in [1.54, 1.807) is 0 Å². The van der Waals surface area contributed by atoms with Crippen LogP contribution in [0.25, 0.3) is 0 Å². The van der Waals surface area contributed by atoms with Crippen molar-refractivity contribution in [2.24, 2.45) is 0 Å². The van der Waals surface area contributed by atoms with Gasteiger partial charge in [-0.2, -0.15) is 0 Å². The highest BCUT2D eigenvalue weighted by Crippen LogP contribution is 2.33. The molecule has 0 atom stereocenters. The number of anilines is 1. The van der Waals surface area contributed by atoms with Crippen molar-refractivity contribution in [1.29, 1.82) is 0 Å². The summed E-state index contributed by atoms with van der Waals surface area (Å²) in [6.07, 6.45) is 0. The van der Waals surface area contributed by atoms with Gasteiger partial charge in [0.2, 0.25) is 0 Å². The molecule has 1 aromatic rings. The highest BCUT2D eigenvalue weighted by atomic mass is 79.9. The lowest BCUT2D eigenvalue weighted by Gasteiger charge is -2.13. The van der Waals surface area contributed by atoms with Gasteiger partial charge in [0.25, 0.3) is 11.8 Å². The predicted octanol–water partition coefficient (Wildman–Crippen LogP) is 2.27. The fourth-order valence-electron chi connectivity index (χ4n) is 1.31. The maximum atomic E-state index is 11.7. The van der Waals surface area contributed by atoms with Gasteiger partial charge in [-0.1, -0.05) is 0 Å². The molecule has 0 unspecified atom stereocenters. The van der Waals surface area contributed by atoms with Crippen LogP contribution in [0.15, 0.2) is 33.2 Å². The molecule has 2 rings (SSSR count). The normalized spacial score (nSPS) is 16.2. The van der Waals surface area contributed by atoms with Gasteiger partial charge in [-0.3, -0.25) is 9.59 Å². The van der Waals surface area contributed by atoms with Crippen molar-refractivity contribution in [2.75, 3.05) is 4.90 Å². The lowest BCUT2D eigenvalue weighted by atomic mass is 10.3. The number of phenols is 1. The molecule has 0 saturated carbocycles. The molecule has 0 aromatic heterocycles. The molecular formula is C10H5Br2NO3. The van der Waals surface area contributed by atoms with E-state index in [2.05, 4.69) is 31.9 Å². The first kappa shape index (κ1) is 11.3. The maximum absolute atomic E-state index is 11.7. The van der Waals surface area contributed by atoms with Gasteiger partial charge in [-0.15, -0.1) is 0 Å². The number of rotatable bonds is 1. The lowest BCUT2D eigenvalue weighted by Crippen LogP contribution is -2.30. The number of phenolic OH excluding ortho intramolecular Hbond substituents is 1. The van der Waals surface area contributed by atoms with Crippen LogP contribution in [0.1, 0.15) is 0 Å². The number of hydrogen-bond donors (Lipinski definition) is 1. The molecule has 1 aliphatic heterocycles. The van der Waals surface area contributed by atoms with Crippen LogP contribution in [0.4, 0.5) is 5.69 Å². The molecule has 16 heavy (non-hydrogen) atoms. The van der Waals surface area contributed by atoms with Crippen molar-refractivity contribution in [3.05, 3.63) is 33.2 Å². The highest BCUT2D eigenvalue weighted by Gasteiger charge is 2.36. The van der Waals surface area contributed by atoms with Crippen LogP contribution in [0.5, 0.6) is 5.75 Å². The van der Waals surface area contributed by atoms with E-state index < -0.39 is 11.8 Å². The average molecular weight is 347 g/mol. The maximum Gasteiger partial charge on any atom is 0.273 e. The molecule has 0 radical (unpaired) electrons. The number of hydrogen-bond acceptors (Lipinski definition) is 3. The van der Waals surface area contributed by atoms with Gasteiger partial charge in [0, 0.05) is 0 Å². The van der Waals surface area contributed by atoms with E-state index in [9.17, 15) is 9.59 Å². The van der Waals surface area contributed by atoms with Crippen molar-refractivity contribution in [3.63, 3.8) is 0 Å². The molecule has 6 heteroatoms. The molecule has 0 bridgehead atoms. The molecule has 2 amide bonds. The van der Waals surface area contributed by atoms with E-state index in [0.717, 1.165) is 4.90 Å². The van der Waals surface area contributed by atoms with Crippen molar-refractivity contribution >= 4 is 49.4 Å². The third-order valence-electron chi connectivity index (χ3n) is 2.08. The van der Waals surface area contributed by atoms with Crippen molar-refractivity contribution < 1.29 is 14.7 Å². The fourth-order valence-corrected chi connectivity index (χ4v) is 2.01. The van der Waals surface area contributed by atoms with E-state index in [0.29, 0.717) is 5.69 Å². The monoisotopic (exact) mass is 345 g/mol. The van der Waals surface area contributed by atoms with Crippen LogP contribution in [0.2, 0.25) is 0 Å². The van der Waals surface area contributed by atoms with Crippen LogP contribution in [0.3, 0.4) is 0 Å². The summed E-state index contributed by atoms with van der Waals surface area (Å²) in [5, 5.41) is 9.12. The quantitative estimate of drug-likeness (QED) is 0.793. The summed E-state index contributed by atoms with van der Waals surface area (Å²) in [7, 11) is 0. The smallest absolute Gasteiger partial charge is 0.273 e. The molecule has 1 aliphatic rings. The SMILES string of the molecule is O=C1C(Br)=C(Br)C(=O)N1c1ccc(O)cc1. The van der Waals surface area contributed by atoms with Crippen LogP contribution in [-0.4, -0.2) is 16.9 Å². The second kappa shape index (κ2) is 4.03. The zero-order chi connectivity index (χ0) is 11.9. The van der Waals surface area contributed by atoms with E-state index in [1.807, 2.05) is 0 Å². The van der Waals surface area contributed by atoms with Gasteiger partial charge in [-0.25, -0.2) is 4.90 Å². The first-order valence-corrected chi connectivity index (χ1v) is 5.84. The molecule has 0 aliphatic carbocycles. The summed E-state index contributed by atoms with van der Waals surface area (Å²) in [6, 6.07) is 5.82. The van der Waals surface area contributed by atoms with E-state index in [1.165, 1.54) is 24.3 Å². The van der Waals surface area contributed by atoms with Crippen LogP contribution >= 0.6 is 31.9 Å². The lowest BCUT2D eigenvalue weighted by molar-refractivity contribution is -0.120. The summed E-state index contributed by atoms with van der Waals surface area (Å²) in [6.45, 7) is 0.